The lowest BCUT2D eigenvalue weighted by Crippen LogP contribution is -2.13. The van der Waals surface area contributed by atoms with E-state index in [0.29, 0.717) is 11.4 Å². The van der Waals surface area contributed by atoms with Gasteiger partial charge in [0.1, 0.15) is 4.21 Å². The van der Waals surface area contributed by atoms with Gasteiger partial charge in [-0.05, 0) is 44.0 Å². The number of aromatic nitrogens is 1. The summed E-state index contributed by atoms with van der Waals surface area (Å²) in [5.74, 6) is 0.570. The number of para-hydroxylation sites is 1. The van der Waals surface area contributed by atoms with Crippen molar-refractivity contribution in [1.29, 1.82) is 0 Å². The third-order valence-corrected chi connectivity index (χ3v) is 6.38. The largest absolute Gasteiger partial charge is 0.355 e. The molecular formula is C16H16N2O3S2. The number of nitrogens with one attached hydrogen (secondary N) is 1. The van der Waals surface area contributed by atoms with Crippen molar-refractivity contribution in [1.82, 2.24) is 5.16 Å². The van der Waals surface area contributed by atoms with Gasteiger partial charge in [0.15, 0.2) is 5.76 Å². The number of aryl methyl sites for hydroxylation is 3. The van der Waals surface area contributed by atoms with Crippen LogP contribution in [0.4, 0.5) is 5.69 Å². The van der Waals surface area contributed by atoms with Crippen LogP contribution in [-0.4, -0.2) is 13.6 Å². The minimum atomic E-state index is -3.63. The van der Waals surface area contributed by atoms with Crippen molar-refractivity contribution in [3.05, 3.63) is 53.2 Å². The maximum absolute atomic E-state index is 12.6. The second kappa shape index (κ2) is 5.82. The van der Waals surface area contributed by atoms with Gasteiger partial charge in [-0.2, -0.15) is 0 Å². The van der Waals surface area contributed by atoms with Gasteiger partial charge >= 0.3 is 0 Å². The third-order valence-electron chi connectivity index (χ3n) is 3.43. The highest BCUT2D eigenvalue weighted by molar-refractivity contribution is 7.94. The van der Waals surface area contributed by atoms with Crippen molar-refractivity contribution in [2.75, 3.05) is 4.72 Å². The zero-order chi connectivity index (χ0) is 16.6. The van der Waals surface area contributed by atoms with Crippen LogP contribution in [0.1, 0.15) is 16.8 Å². The zero-order valence-corrected chi connectivity index (χ0v) is 14.6. The first-order valence-corrected chi connectivity index (χ1v) is 9.29. The number of rotatable bonds is 4. The summed E-state index contributed by atoms with van der Waals surface area (Å²) in [7, 11) is -3.63. The van der Waals surface area contributed by atoms with Crippen LogP contribution < -0.4 is 4.72 Å². The van der Waals surface area contributed by atoms with Gasteiger partial charge in [0, 0.05) is 6.07 Å². The van der Waals surface area contributed by atoms with E-state index in [9.17, 15) is 8.42 Å². The van der Waals surface area contributed by atoms with Crippen LogP contribution in [-0.2, 0) is 10.0 Å². The predicted molar refractivity (Wildman–Crippen MR) is 91.3 cm³/mol. The number of thiophene rings is 1. The number of nitrogens with zero attached hydrogens (tertiary/aromatic N) is 1. The van der Waals surface area contributed by atoms with E-state index in [2.05, 4.69) is 9.88 Å². The molecule has 1 aromatic carbocycles. The lowest BCUT2D eigenvalue weighted by molar-refractivity contribution is 0.428. The lowest BCUT2D eigenvalue weighted by Gasteiger charge is -2.11. The Bertz CT molecular complexity index is 935. The van der Waals surface area contributed by atoms with Crippen LogP contribution in [0.15, 0.2) is 45.1 Å². The van der Waals surface area contributed by atoms with E-state index in [1.165, 1.54) is 0 Å². The Hall–Kier alpha value is -2.12. The van der Waals surface area contributed by atoms with Crippen LogP contribution in [0.3, 0.4) is 0 Å². The molecule has 5 nitrogen and oxygen atoms in total. The minimum Gasteiger partial charge on any atom is -0.355 e. The summed E-state index contributed by atoms with van der Waals surface area (Å²) in [6.07, 6.45) is 0. The maximum atomic E-state index is 12.6. The molecule has 0 saturated heterocycles. The lowest BCUT2D eigenvalue weighted by atomic mass is 10.1. The van der Waals surface area contributed by atoms with Crippen molar-refractivity contribution in [3.8, 4) is 10.6 Å². The van der Waals surface area contributed by atoms with Gasteiger partial charge in [0.2, 0.25) is 0 Å². The molecule has 0 bridgehead atoms. The fourth-order valence-corrected chi connectivity index (χ4v) is 4.69. The molecule has 7 heteroatoms. The fourth-order valence-electron chi connectivity index (χ4n) is 2.24. The monoisotopic (exact) mass is 348 g/mol. The topological polar surface area (TPSA) is 72.2 Å². The van der Waals surface area contributed by atoms with Gasteiger partial charge in [-0.15, -0.1) is 11.3 Å². The van der Waals surface area contributed by atoms with Crippen molar-refractivity contribution in [2.45, 2.75) is 25.0 Å². The number of sulfonamides is 1. The molecule has 0 spiro atoms. The summed E-state index contributed by atoms with van der Waals surface area (Å²) < 4.78 is 33.3. The highest BCUT2D eigenvalue weighted by Crippen LogP contribution is 2.32. The van der Waals surface area contributed by atoms with Crippen molar-refractivity contribution < 1.29 is 12.9 Å². The first kappa shape index (κ1) is 15.8. The van der Waals surface area contributed by atoms with E-state index < -0.39 is 10.0 Å². The van der Waals surface area contributed by atoms with Crippen LogP contribution in [0.25, 0.3) is 10.6 Å². The molecule has 3 rings (SSSR count). The summed E-state index contributed by atoms with van der Waals surface area (Å²) in [5, 5.41) is 3.82. The molecule has 3 aromatic rings. The second-order valence-corrected chi connectivity index (χ2v) is 8.32. The summed E-state index contributed by atoms with van der Waals surface area (Å²) in [6, 6.07) is 10.7. The average molecular weight is 348 g/mol. The molecule has 0 aliphatic rings. The molecular weight excluding hydrogens is 332 g/mol. The Kier molecular flexibility index (Phi) is 3.99. The average Bonchev–Trinajstić information content (AvgIpc) is 3.12. The molecule has 120 valence electrons. The Labute approximate surface area is 139 Å². The predicted octanol–water partition coefficient (Wildman–Crippen LogP) is 4.13. The molecule has 0 amide bonds. The number of hydrogen-bond acceptors (Lipinski definition) is 5. The number of benzene rings is 1. The van der Waals surface area contributed by atoms with Crippen LogP contribution in [0, 0.1) is 20.8 Å². The Morgan fingerprint density at radius 2 is 1.78 bits per heavy atom. The van der Waals surface area contributed by atoms with Crippen LogP contribution in [0.5, 0.6) is 0 Å². The van der Waals surface area contributed by atoms with Crippen LogP contribution in [0.2, 0.25) is 0 Å². The maximum Gasteiger partial charge on any atom is 0.271 e. The highest BCUT2D eigenvalue weighted by atomic mass is 32.2. The molecule has 1 N–H and O–H groups in total. The standard InChI is InChI=1S/C16H16N2O3S2/c1-10-5-4-6-11(2)16(10)18-23(19,20)15-8-7-14(22-15)13-9-12(3)17-21-13/h4-9,18H,1-3H3. The van der Waals surface area contributed by atoms with E-state index in [0.717, 1.165) is 33.0 Å². The quantitative estimate of drug-likeness (QED) is 0.769. The summed E-state index contributed by atoms with van der Waals surface area (Å²) in [5.41, 5.74) is 3.15. The van der Waals surface area contributed by atoms with Crippen molar-refractivity contribution >= 4 is 27.0 Å². The Morgan fingerprint density at radius 3 is 2.39 bits per heavy atom. The van der Waals surface area contributed by atoms with Gasteiger partial charge < -0.3 is 4.52 Å². The number of anilines is 1. The molecule has 2 aromatic heterocycles. The number of hydrogen-bond donors (Lipinski definition) is 1. The first-order chi connectivity index (χ1) is 10.9. The summed E-state index contributed by atoms with van der Waals surface area (Å²) in [4.78, 5) is 0.729. The van der Waals surface area contributed by atoms with E-state index in [1.807, 2.05) is 39.0 Å². The van der Waals surface area contributed by atoms with Crippen LogP contribution >= 0.6 is 11.3 Å². The fraction of sp³-hybridized carbons (Fsp3) is 0.188. The van der Waals surface area contributed by atoms with Crippen molar-refractivity contribution in [2.24, 2.45) is 0 Å². The Morgan fingerprint density at radius 1 is 1.09 bits per heavy atom. The summed E-state index contributed by atoms with van der Waals surface area (Å²) >= 11 is 1.15. The molecule has 0 saturated carbocycles. The molecule has 2 heterocycles. The van der Waals surface area contributed by atoms with Gasteiger partial charge in [-0.25, -0.2) is 8.42 Å². The summed E-state index contributed by atoms with van der Waals surface area (Å²) in [6.45, 7) is 5.57. The van der Waals surface area contributed by atoms with Gasteiger partial charge in [-0.1, -0.05) is 23.4 Å². The van der Waals surface area contributed by atoms with Gasteiger partial charge in [-0.3, -0.25) is 4.72 Å². The minimum absolute atomic E-state index is 0.240. The van der Waals surface area contributed by atoms with Gasteiger partial charge in [0.05, 0.1) is 16.3 Å². The molecule has 0 unspecified atom stereocenters. The Balaban J connectivity index is 1.93. The second-order valence-electron chi connectivity index (χ2n) is 5.32. The van der Waals surface area contributed by atoms with E-state index in [-0.39, 0.29) is 4.21 Å². The molecule has 0 radical (unpaired) electrons. The van der Waals surface area contributed by atoms with Gasteiger partial charge in [0.25, 0.3) is 10.0 Å². The SMILES string of the molecule is Cc1cc(-c2ccc(S(=O)(=O)Nc3c(C)cccc3C)s2)on1. The van der Waals surface area contributed by atoms with Crippen molar-refractivity contribution in [3.63, 3.8) is 0 Å². The molecule has 0 aliphatic carbocycles. The third kappa shape index (κ3) is 3.16. The van der Waals surface area contributed by atoms with E-state index in [1.54, 1.807) is 18.2 Å². The zero-order valence-electron chi connectivity index (χ0n) is 13.0. The van der Waals surface area contributed by atoms with E-state index >= 15 is 0 Å². The molecule has 0 fully saturated rings. The van der Waals surface area contributed by atoms with E-state index in [4.69, 9.17) is 4.52 Å². The first-order valence-electron chi connectivity index (χ1n) is 6.99. The molecule has 0 aliphatic heterocycles. The normalized spacial score (nSPS) is 11.6. The molecule has 23 heavy (non-hydrogen) atoms. The highest BCUT2D eigenvalue weighted by Gasteiger charge is 2.20. The molecule has 0 atom stereocenters. The smallest absolute Gasteiger partial charge is 0.271 e.